The summed E-state index contributed by atoms with van der Waals surface area (Å²) in [7, 11) is 2.11. The predicted molar refractivity (Wildman–Crippen MR) is 103 cm³/mol. The fraction of sp³-hybridized carbons (Fsp3) is 0.600. The molecule has 3 fully saturated rings. The molecule has 1 aromatic carbocycles. The van der Waals surface area contributed by atoms with Gasteiger partial charge in [0.1, 0.15) is 23.8 Å². The third kappa shape index (κ3) is 3.23. The summed E-state index contributed by atoms with van der Waals surface area (Å²) in [5.41, 5.74) is 0.350. The lowest BCUT2D eigenvalue weighted by molar-refractivity contribution is 0.188. The van der Waals surface area contributed by atoms with Gasteiger partial charge < -0.3 is 19.9 Å². The Bertz CT molecular complexity index is 834. The zero-order valence-corrected chi connectivity index (χ0v) is 15.7. The van der Waals surface area contributed by atoms with Gasteiger partial charge in [-0.25, -0.2) is 4.39 Å². The van der Waals surface area contributed by atoms with Crippen LogP contribution < -0.4 is 15.0 Å². The van der Waals surface area contributed by atoms with Crippen molar-refractivity contribution in [1.82, 2.24) is 20.2 Å². The lowest BCUT2D eigenvalue weighted by Gasteiger charge is -2.34. The number of halogens is 1. The van der Waals surface area contributed by atoms with Crippen LogP contribution in [0.25, 0.3) is 10.9 Å². The number of fused-ring (bicyclic) bond motifs is 3. The Balaban J connectivity index is 1.48. The van der Waals surface area contributed by atoms with Crippen LogP contribution in [-0.2, 0) is 0 Å². The molecule has 0 radical (unpaired) electrons. The molecule has 0 aliphatic carbocycles. The molecule has 5 rings (SSSR count). The van der Waals surface area contributed by atoms with Crippen LogP contribution in [0.15, 0.2) is 18.2 Å². The molecule has 2 bridgehead atoms. The molecule has 3 aliphatic heterocycles. The largest absolute Gasteiger partial charge is 0.462 e. The number of hydrogen-bond acceptors (Lipinski definition) is 6. The van der Waals surface area contributed by atoms with Crippen LogP contribution in [-0.4, -0.2) is 66.3 Å². The number of aromatic nitrogens is 2. The molecular weight excluding hydrogens is 345 g/mol. The second-order valence-corrected chi connectivity index (χ2v) is 8.10. The highest BCUT2D eigenvalue weighted by Gasteiger charge is 2.34. The number of rotatable bonds is 4. The van der Waals surface area contributed by atoms with E-state index in [2.05, 4.69) is 27.1 Å². The lowest BCUT2D eigenvalue weighted by atomic mass is 10.2. The van der Waals surface area contributed by atoms with Gasteiger partial charge in [0.15, 0.2) is 0 Å². The van der Waals surface area contributed by atoms with Crippen molar-refractivity contribution in [3.05, 3.63) is 24.0 Å². The number of hydrogen-bond donors (Lipinski definition) is 1. The Hall–Kier alpha value is -1.99. The van der Waals surface area contributed by atoms with Crippen molar-refractivity contribution in [1.29, 1.82) is 0 Å². The Labute approximate surface area is 158 Å². The Morgan fingerprint density at radius 1 is 1.19 bits per heavy atom. The minimum absolute atomic E-state index is 0.286. The van der Waals surface area contributed by atoms with Crippen LogP contribution >= 0.6 is 0 Å². The molecule has 1 N–H and O–H groups in total. The third-order valence-electron chi connectivity index (χ3n) is 6.23. The summed E-state index contributed by atoms with van der Waals surface area (Å²) in [5.74, 6) is 0.477. The van der Waals surface area contributed by atoms with E-state index in [1.54, 1.807) is 6.07 Å². The Kier molecular flexibility index (Phi) is 4.36. The zero-order chi connectivity index (χ0) is 18.4. The van der Waals surface area contributed by atoms with E-state index in [1.807, 2.05) is 6.07 Å². The maximum atomic E-state index is 14.5. The van der Waals surface area contributed by atoms with Crippen LogP contribution in [0.2, 0.25) is 0 Å². The monoisotopic (exact) mass is 371 g/mol. The highest BCUT2D eigenvalue weighted by atomic mass is 19.1. The van der Waals surface area contributed by atoms with E-state index in [-0.39, 0.29) is 11.8 Å². The smallest absolute Gasteiger partial charge is 0.319 e. The van der Waals surface area contributed by atoms with E-state index >= 15 is 0 Å². The van der Waals surface area contributed by atoms with Crippen molar-refractivity contribution < 1.29 is 9.13 Å². The SMILES string of the molecule is CN1CCC[C@H]1COc1nc(N2CC3CCC(C2)N3)c2cccc(F)c2n1. The molecular formula is C20H26FN5O. The number of nitrogens with one attached hydrogen (secondary N) is 1. The lowest BCUT2D eigenvalue weighted by Crippen LogP contribution is -2.51. The van der Waals surface area contributed by atoms with Gasteiger partial charge in [0.25, 0.3) is 0 Å². The standard InChI is InChI=1S/C20H26FN5O/c1-25-9-3-4-15(25)12-27-20-23-18-16(5-2-6-17(18)21)19(24-20)26-10-13-7-8-14(11-26)22-13/h2,5-6,13-15,22H,3-4,7-12H2,1H3/t13?,14?,15-/m0/s1. The maximum Gasteiger partial charge on any atom is 0.319 e. The van der Waals surface area contributed by atoms with Crippen molar-refractivity contribution in [3.8, 4) is 6.01 Å². The molecule has 7 heteroatoms. The Morgan fingerprint density at radius 2 is 2.00 bits per heavy atom. The first-order chi connectivity index (χ1) is 13.2. The fourth-order valence-corrected chi connectivity index (χ4v) is 4.72. The van der Waals surface area contributed by atoms with Crippen molar-refractivity contribution in [3.63, 3.8) is 0 Å². The van der Waals surface area contributed by atoms with Gasteiger partial charge in [0.2, 0.25) is 0 Å². The summed E-state index contributed by atoms with van der Waals surface area (Å²) in [5, 5.41) is 4.40. The summed E-state index contributed by atoms with van der Waals surface area (Å²) in [4.78, 5) is 13.7. The second-order valence-electron chi connectivity index (χ2n) is 8.10. The Morgan fingerprint density at radius 3 is 2.74 bits per heavy atom. The molecule has 2 aromatic rings. The average molecular weight is 371 g/mol. The number of para-hydroxylation sites is 1. The van der Waals surface area contributed by atoms with E-state index in [9.17, 15) is 4.39 Å². The van der Waals surface area contributed by atoms with Crippen LogP contribution in [0.4, 0.5) is 10.2 Å². The molecule has 6 nitrogen and oxygen atoms in total. The quantitative estimate of drug-likeness (QED) is 0.889. The molecule has 27 heavy (non-hydrogen) atoms. The van der Waals surface area contributed by atoms with Crippen molar-refractivity contribution in [2.45, 2.75) is 43.8 Å². The van der Waals surface area contributed by atoms with Crippen molar-refractivity contribution in [2.75, 3.05) is 38.2 Å². The first-order valence-electron chi connectivity index (χ1n) is 9.97. The van der Waals surface area contributed by atoms with Crippen LogP contribution in [0.1, 0.15) is 25.7 Å². The molecule has 4 heterocycles. The summed E-state index contributed by atoms with van der Waals surface area (Å²) >= 11 is 0. The number of piperazine rings is 1. The molecule has 1 aromatic heterocycles. The van der Waals surface area contributed by atoms with Gasteiger partial charge in [-0.1, -0.05) is 6.07 Å². The average Bonchev–Trinajstić information content (AvgIpc) is 3.24. The van der Waals surface area contributed by atoms with Crippen molar-refractivity contribution >= 4 is 16.7 Å². The van der Waals surface area contributed by atoms with E-state index in [4.69, 9.17) is 9.72 Å². The number of nitrogens with zero attached hydrogens (tertiary/aromatic N) is 4. The van der Waals surface area contributed by atoms with E-state index in [1.165, 1.54) is 25.3 Å². The number of anilines is 1. The molecule has 3 atom stereocenters. The third-order valence-corrected chi connectivity index (χ3v) is 6.23. The van der Waals surface area contributed by atoms with Crippen LogP contribution in [0, 0.1) is 5.82 Å². The topological polar surface area (TPSA) is 53.5 Å². The van der Waals surface area contributed by atoms with E-state index < -0.39 is 0 Å². The molecule has 2 unspecified atom stereocenters. The van der Waals surface area contributed by atoms with Gasteiger partial charge in [0.05, 0.1) is 0 Å². The minimum Gasteiger partial charge on any atom is -0.462 e. The minimum atomic E-state index is -0.322. The van der Waals surface area contributed by atoms with Gasteiger partial charge in [-0.2, -0.15) is 9.97 Å². The normalized spacial score (nSPS) is 28.2. The fourth-order valence-electron chi connectivity index (χ4n) is 4.72. The van der Waals surface area contributed by atoms with Crippen LogP contribution in [0.5, 0.6) is 6.01 Å². The molecule has 0 spiro atoms. The van der Waals surface area contributed by atoms with Gasteiger partial charge in [-0.05, 0) is 51.4 Å². The van der Waals surface area contributed by atoms with Gasteiger partial charge >= 0.3 is 6.01 Å². The van der Waals surface area contributed by atoms with E-state index in [0.29, 0.717) is 30.2 Å². The zero-order valence-electron chi connectivity index (χ0n) is 15.7. The first-order valence-corrected chi connectivity index (χ1v) is 9.97. The molecule has 3 saturated heterocycles. The van der Waals surface area contributed by atoms with Gasteiger partial charge in [0, 0.05) is 36.6 Å². The number of likely N-dealkylation sites (tertiary alicyclic amines) is 1. The van der Waals surface area contributed by atoms with Gasteiger partial charge in [-0.15, -0.1) is 0 Å². The summed E-state index contributed by atoms with van der Waals surface area (Å²) in [6.07, 6.45) is 4.69. The molecule has 0 saturated carbocycles. The number of likely N-dealkylation sites (N-methyl/N-ethyl adjacent to an activating group) is 1. The number of ether oxygens (including phenoxy) is 1. The molecule has 3 aliphatic rings. The first kappa shape index (κ1) is 17.1. The second kappa shape index (κ2) is 6.87. The number of benzene rings is 1. The maximum absolute atomic E-state index is 14.5. The summed E-state index contributed by atoms with van der Waals surface area (Å²) in [6, 6.07) is 6.73. The van der Waals surface area contributed by atoms with E-state index in [0.717, 1.165) is 37.3 Å². The summed E-state index contributed by atoms with van der Waals surface area (Å²) < 4.78 is 20.4. The van der Waals surface area contributed by atoms with Crippen molar-refractivity contribution in [2.24, 2.45) is 0 Å². The highest BCUT2D eigenvalue weighted by molar-refractivity contribution is 5.90. The summed E-state index contributed by atoms with van der Waals surface area (Å²) in [6.45, 7) is 3.42. The van der Waals surface area contributed by atoms with Crippen LogP contribution in [0.3, 0.4) is 0 Å². The highest BCUT2D eigenvalue weighted by Crippen LogP contribution is 2.31. The predicted octanol–water partition coefficient (Wildman–Crippen LogP) is 2.18. The molecule has 144 valence electrons. The van der Waals surface area contributed by atoms with Gasteiger partial charge in [-0.3, -0.25) is 0 Å². The molecule has 0 amide bonds.